The number of carbonyl (C=O) groups excluding carboxylic acids is 1. The van der Waals surface area contributed by atoms with Crippen LogP contribution in [0.2, 0.25) is 0 Å². The topological polar surface area (TPSA) is 58.4 Å². The standard InChI is InChI=1S/C11H23N3O.ClH/c1-4-8(2)13-11(15)9(3)14-6-5-10(12)7-14;/h8-10H,4-7,12H2,1-3H3,(H,13,15);1H. The molecule has 0 aromatic heterocycles. The van der Waals surface area contributed by atoms with Gasteiger partial charge in [0.1, 0.15) is 0 Å². The first-order chi connectivity index (χ1) is 7.04. The summed E-state index contributed by atoms with van der Waals surface area (Å²) in [7, 11) is 0. The summed E-state index contributed by atoms with van der Waals surface area (Å²) in [6.07, 6.45) is 1.97. The molecule has 1 fully saturated rings. The monoisotopic (exact) mass is 249 g/mol. The maximum Gasteiger partial charge on any atom is 0.237 e. The summed E-state index contributed by atoms with van der Waals surface area (Å²) in [5.74, 6) is 0.124. The molecule has 0 spiro atoms. The molecule has 16 heavy (non-hydrogen) atoms. The van der Waals surface area contributed by atoms with E-state index >= 15 is 0 Å². The van der Waals surface area contributed by atoms with Crippen molar-refractivity contribution in [2.24, 2.45) is 5.73 Å². The second-order valence-electron chi connectivity index (χ2n) is 4.54. The molecule has 1 aliphatic rings. The van der Waals surface area contributed by atoms with Crippen LogP contribution in [0.25, 0.3) is 0 Å². The fourth-order valence-corrected chi connectivity index (χ4v) is 1.80. The molecule has 1 aliphatic heterocycles. The van der Waals surface area contributed by atoms with Gasteiger partial charge in [-0.2, -0.15) is 0 Å². The van der Waals surface area contributed by atoms with Crippen molar-refractivity contribution in [1.82, 2.24) is 10.2 Å². The number of carbonyl (C=O) groups is 1. The minimum Gasteiger partial charge on any atom is -0.352 e. The Morgan fingerprint density at radius 1 is 1.56 bits per heavy atom. The Morgan fingerprint density at radius 3 is 2.62 bits per heavy atom. The summed E-state index contributed by atoms with van der Waals surface area (Å²) in [5.41, 5.74) is 5.82. The Labute approximate surface area is 104 Å². The maximum absolute atomic E-state index is 11.8. The van der Waals surface area contributed by atoms with E-state index in [0.29, 0.717) is 0 Å². The number of nitrogens with two attached hydrogens (primary N) is 1. The number of nitrogens with zero attached hydrogens (tertiary/aromatic N) is 1. The van der Waals surface area contributed by atoms with Crippen molar-refractivity contribution in [2.45, 2.75) is 51.7 Å². The maximum atomic E-state index is 11.8. The average Bonchev–Trinajstić information content (AvgIpc) is 2.63. The average molecular weight is 250 g/mol. The first kappa shape index (κ1) is 15.7. The van der Waals surface area contributed by atoms with Crippen molar-refractivity contribution < 1.29 is 4.79 Å². The number of hydrogen-bond donors (Lipinski definition) is 2. The highest BCUT2D eigenvalue weighted by Crippen LogP contribution is 2.11. The summed E-state index contributed by atoms with van der Waals surface area (Å²) < 4.78 is 0. The molecule has 3 unspecified atom stereocenters. The lowest BCUT2D eigenvalue weighted by Gasteiger charge is -2.24. The smallest absolute Gasteiger partial charge is 0.237 e. The molecule has 0 saturated carbocycles. The molecule has 1 rings (SSSR count). The number of nitrogens with one attached hydrogen (secondary N) is 1. The number of likely N-dealkylation sites (tertiary alicyclic amines) is 1. The van der Waals surface area contributed by atoms with Gasteiger partial charge in [-0.15, -0.1) is 12.4 Å². The van der Waals surface area contributed by atoms with E-state index in [9.17, 15) is 4.79 Å². The predicted octanol–water partition coefficient (Wildman–Crippen LogP) is 0.744. The van der Waals surface area contributed by atoms with Crippen LogP contribution in [0.1, 0.15) is 33.6 Å². The molecular formula is C11H24ClN3O. The molecule has 96 valence electrons. The van der Waals surface area contributed by atoms with Gasteiger partial charge in [-0.3, -0.25) is 9.69 Å². The molecule has 0 aromatic rings. The summed E-state index contributed by atoms with van der Waals surface area (Å²) in [6, 6.07) is 0.452. The Bertz CT molecular complexity index is 225. The minimum atomic E-state index is -0.0486. The Balaban J connectivity index is 0.00000225. The van der Waals surface area contributed by atoms with E-state index in [4.69, 9.17) is 5.73 Å². The SMILES string of the molecule is CCC(C)NC(=O)C(C)N1CCC(N)C1.Cl. The van der Waals surface area contributed by atoms with Crippen LogP contribution >= 0.6 is 12.4 Å². The van der Waals surface area contributed by atoms with Crippen molar-refractivity contribution in [3.05, 3.63) is 0 Å². The van der Waals surface area contributed by atoms with E-state index in [0.717, 1.165) is 25.9 Å². The molecule has 1 heterocycles. The first-order valence-electron chi connectivity index (χ1n) is 5.84. The van der Waals surface area contributed by atoms with Crippen LogP contribution < -0.4 is 11.1 Å². The van der Waals surface area contributed by atoms with Gasteiger partial charge in [0.25, 0.3) is 0 Å². The molecule has 5 heteroatoms. The fraction of sp³-hybridized carbons (Fsp3) is 0.909. The van der Waals surface area contributed by atoms with Crippen LogP contribution in [-0.4, -0.2) is 42.0 Å². The molecule has 3 N–H and O–H groups in total. The van der Waals surface area contributed by atoms with Crippen LogP contribution in [0, 0.1) is 0 Å². The molecule has 0 aromatic carbocycles. The summed E-state index contributed by atoms with van der Waals surface area (Å²) in [4.78, 5) is 14.0. The fourth-order valence-electron chi connectivity index (χ4n) is 1.80. The summed E-state index contributed by atoms with van der Waals surface area (Å²) >= 11 is 0. The molecule has 4 nitrogen and oxygen atoms in total. The lowest BCUT2D eigenvalue weighted by molar-refractivity contribution is -0.126. The third-order valence-electron chi connectivity index (χ3n) is 3.18. The van der Waals surface area contributed by atoms with Gasteiger partial charge in [-0.1, -0.05) is 6.92 Å². The molecule has 0 aliphatic carbocycles. The second kappa shape index (κ2) is 7.09. The molecule has 1 saturated heterocycles. The van der Waals surface area contributed by atoms with E-state index in [1.165, 1.54) is 0 Å². The summed E-state index contributed by atoms with van der Waals surface area (Å²) in [5, 5.41) is 3.00. The third kappa shape index (κ3) is 4.28. The quantitative estimate of drug-likeness (QED) is 0.773. The highest BCUT2D eigenvalue weighted by molar-refractivity contribution is 5.85. The zero-order valence-corrected chi connectivity index (χ0v) is 11.2. The van der Waals surface area contributed by atoms with Crippen molar-refractivity contribution in [2.75, 3.05) is 13.1 Å². The Kier molecular flexibility index (Phi) is 6.95. The van der Waals surface area contributed by atoms with Crippen molar-refractivity contribution in [3.63, 3.8) is 0 Å². The van der Waals surface area contributed by atoms with Gasteiger partial charge in [0, 0.05) is 25.2 Å². The molecule has 0 bridgehead atoms. The molecule has 1 amide bonds. The van der Waals surface area contributed by atoms with Gasteiger partial charge in [0.2, 0.25) is 5.91 Å². The van der Waals surface area contributed by atoms with Gasteiger partial charge >= 0.3 is 0 Å². The van der Waals surface area contributed by atoms with Gasteiger partial charge in [-0.25, -0.2) is 0 Å². The summed E-state index contributed by atoms with van der Waals surface area (Å²) in [6.45, 7) is 7.84. The highest BCUT2D eigenvalue weighted by atomic mass is 35.5. The first-order valence-corrected chi connectivity index (χ1v) is 5.84. The lowest BCUT2D eigenvalue weighted by atomic mass is 10.2. The van der Waals surface area contributed by atoms with Crippen LogP contribution in [0.3, 0.4) is 0 Å². The second-order valence-corrected chi connectivity index (χ2v) is 4.54. The van der Waals surface area contributed by atoms with Crippen LogP contribution in [0.4, 0.5) is 0 Å². The zero-order chi connectivity index (χ0) is 11.4. The lowest BCUT2D eigenvalue weighted by Crippen LogP contribution is -2.47. The van der Waals surface area contributed by atoms with Gasteiger partial charge in [0.15, 0.2) is 0 Å². The third-order valence-corrected chi connectivity index (χ3v) is 3.18. The predicted molar refractivity (Wildman–Crippen MR) is 68.8 cm³/mol. The van der Waals surface area contributed by atoms with Crippen molar-refractivity contribution in [1.29, 1.82) is 0 Å². The zero-order valence-electron chi connectivity index (χ0n) is 10.4. The van der Waals surface area contributed by atoms with Gasteiger partial charge < -0.3 is 11.1 Å². The number of halogens is 1. The van der Waals surface area contributed by atoms with Crippen LogP contribution in [0.15, 0.2) is 0 Å². The highest BCUT2D eigenvalue weighted by Gasteiger charge is 2.27. The van der Waals surface area contributed by atoms with E-state index in [-0.39, 0.29) is 36.4 Å². The van der Waals surface area contributed by atoms with Crippen LogP contribution in [0.5, 0.6) is 0 Å². The minimum absolute atomic E-state index is 0. The number of rotatable bonds is 4. The Hall–Kier alpha value is -0.320. The Morgan fingerprint density at radius 2 is 2.19 bits per heavy atom. The van der Waals surface area contributed by atoms with E-state index in [1.54, 1.807) is 0 Å². The normalized spacial score (nSPS) is 24.6. The number of amides is 1. The molecular weight excluding hydrogens is 226 g/mol. The van der Waals surface area contributed by atoms with E-state index in [2.05, 4.69) is 17.1 Å². The van der Waals surface area contributed by atoms with E-state index < -0.39 is 0 Å². The molecule has 3 atom stereocenters. The molecule has 0 radical (unpaired) electrons. The van der Waals surface area contributed by atoms with Crippen LogP contribution in [-0.2, 0) is 4.79 Å². The van der Waals surface area contributed by atoms with Gasteiger partial charge in [-0.05, 0) is 26.7 Å². The van der Waals surface area contributed by atoms with Gasteiger partial charge in [0.05, 0.1) is 6.04 Å². The largest absolute Gasteiger partial charge is 0.352 e. The van der Waals surface area contributed by atoms with E-state index in [1.807, 2.05) is 13.8 Å². The van der Waals surface area contributed by atoms with Crippen molar-refractivity contribution >= 4 is 18.3 Å². The number of hydrogen-bond acceptors (Lipinski definition) is 3. The van der Waals surface area contributed by atoms with Crippen molar-refractivity contribution in [3.8, 4) is 0 Å².